The van der Waals surface area contributed by atoms with Crippen LogP contribution in [0.5, 0.6) is 0 Å². The quantitative estimate of drug-likeness (QED) is 0.489. The van der Waals surface area contributed by atoms with E-state index in [4.69, 9.17) is 0 Å². The summed E-state index contributed by atoms with van der Waals surface area (Å²) in [6.45, 7) is 4.59. The number of fused-ring (bicyclic) bond motifs is 4. The monoisotopic (exact) mass is 162 g/mol. The number of allylic oxidation sites excluding steroid dienone is 2. The van der Waals surface area contributed by atoms with Crippen molar-refractivity contribution in [2.45, 2.75) is 39.5 Å². The van der Waals surface area contributed by atoms with E-state index in [0.717, 1.165) is 0 Å². The second-order valence-electron chi connectivity index (χ2n) is 5.16. The molecule has 0 N–H and O–H groups in total. The summed E-state index contributed by atoms with van der Waals surface area (Å²) < 4.78 is 1.45. The lowest BCUT2D eigenvalue weighted by molar-refractivity contribution is -0.391. The number of hydrogen-bond acceptors (Lipinski definition) is 0. The molecule has 2 heteroatoms. The van der Waals surface area contributed by atoms with Gasteiger partial charge in [0.15, 0.2) is 0 Å². The molecule has 2 unspecified atom stereocenters. The van der Waals surface area contributed by atoms with Crippen molar-refractivity contribution in [2.75, 3.05) is 0 Å². The molecule has 2 atom stereocenters. The molecule has 0 spiro atoms. The van der Waals surface area contributed by atoms with Gasteiger partial charge in [0.1, 0.15) is 0 Å². The SMILES string of the molecule is CC12CCCC(C)(C1)C1=C2[N+]1=[N-]. The molecule has 0 saturated heterocycles. The van der Waals surface area contributed by atoms with Crippen molar-refractivity contribution in [1.29, 1.82) is 0 Å². The molecule has 3 rings (SSSR count). The first-order valence-corrected chi connectivity index (χ1v) is 4.81. The van der Waals surface area contributed by atoms with Crippen LogP contribution in [0.15, 0.2) is 11.4 Å². The molecule has 0 aromatic rings. The van der Waals surface area contributed by atoms with Gasteiger partial charge in [-0.1, -0.05) is 6.42 Å². The van der Waals surface area contributed by atoms with Crippen LogP contribution in [0.4, 0.5) is 0 Å². The fourth-order valence-electron chi connectivity index (χ4n) is 3.55. The summed E-state index contributed by atoms with van der Waals surface area (Å²) in [4.78, 5) is 0. The molecule has 0 amide bonds. The van der Waals surface area contributed by atoms with Gasteiger partial charge in [-0.25, -0.2) is 4.70 Å². The molecule has 64 valence electrons. The van der Waals surface area contributed by atoms with Crippen molar-refractivity contribution < 1.29 is 4.70 Å². The maximum absolute atomic E-state index is 9.54. The lowest BCUT2D eigenvalue weighted by Crippen LogP contribution is -2.31. The van der Waals surface area contributed by atoms with Crippen LogP contribution in [0.3, 0.4) is 0 Å². The Morgan fingerprint density at radius 1 is 1.17 bits per heavy atom. The second-order valence-corrected chi connectivity index (χ2v) is 5.16. The van der Waals surface area contributed by atoms with Gasteiger partial charge >= 0.3 is 0 Å². The van der Waals surface area contributed by atoms with E-state index in [0.29, 0.717) is 10.8 Å². The minimum absolute atomic E-state index is 0.317. The van der Waals surface area contributed by atoms with Crippen LogP contribution in [0.25, 0.3) is 5.53 Å². The van der Waals surface area contributed by atoms with Gasteiger partial charge in [0.2, 0.25) is 11.4 Å². The molecule has 2 bridgehead atoms. The Hall–Kier alpha value is -0.660. The molecular weight excluding hydrogens is 148 g/mol. The van der Waals surface area contributed by atoms with Gasteiger partial charge < -0.3 is 5.53 Å². The van der Waals surface area contributed by atoms with Crippen LogP contribution >= 0.6 is 0 Å². The minimum atomic E-state index is 0.317. The van der Waals surface area contributed by atoms with Crippen LogP contribution in [-0.4, -0.2) is 4.70 Å². The molecule has 0 aromatic carbocycles. The highest BCUT2D eigenvalue weighted by molar-refractivity contribution is 5.36. The standard InChI is InChI=1S/C10H14N2/c1-9-4-3-5-10(2,6-9)8-7(9)12(8)11/h3-6H2,1-2H3. The van der Waals surface area contributed by atoms with E-state index in [1.807, 2.05) is 0 Å². The fraction of sp³-hybridized carbons (Fsp3) is 0.800. The average molecular weight is 162 g/mol. The molecule has 3 aliphatic rings. The third-order valence-corrected chi connectivity index (χ3v) is 3.98. The van der Waals surface area contributed by atoms with Gasteiger partial charge in [-0.3, -0.25) is 0 Å². The van der Waals surface area contributed by atoms with E-state index in [9.17, 15) is 5.53 Å². The van der Waals surface area contributed by atoms with Gasteiger partial charge in [0.05, 0.1) is 10.8 Å². The van der Waals surface area contributed by atoms with Gasteiger partial charge in [-0.15, -0.1) is 0 Å². The second kappa shape index (κ2) is 1.52. The van der Waals surface area contributed by atoms with E-state index in [1.165, 1.54) is 41.8 Å². The Labute approximate surface area is 72.8 Å². The van der Waals surface area contributed by atoms with Gasteiger partial charge in [-0.05, 0) is 33.1 Å². The first-order chi connectivity index (χ1) is 5.57. The van der Waals surface area contributed by atoms with Crippen LogP contribution < -0.4 is 0 Å². The first kappa shape index (κ1) is 6.81. The maximum atomic E-state index is 9.54. The zero-order valence-corrected chi connectivity index (χ0v) is 7.72. The van der Waals surface area contributed by atoms with E-state index in [-0.39, 0.29) is 0 Å². The molecule has 1 fully saturated rings. The van der Waals surface area contributed by atoms with Crippen molar-refractivity contribution in [3.63, 3.8) is 0 Å². The van der Waals surface area contributed by atoms with Gasteiger partial charge in [-0.2, -0.15) is 0 Å². The number of nitrogens with zero attached hydrogens (tertiary/aromatic N) is 2. The highest BCUT2D eigenvalue weighted by Crippen LogP contribution is 2.68. The summed E-state index contributed by atoms with van der Waals surface area (Å²) in [5.74, 6) is 0. The van der Waals surface area contributed by atoms with E-state index in [2.05, 4.69) is 13.8 Å². The molecule has 1 aliphatic heterocycles. The number of rotatable bonds is 0. The Balaban J connectivity index is 2.14. The highest BCUT2D eigenvalue weighted by atomic mass is 15.3. The zero-order chi connectivity index (χ0) is 8.56. The Morgan fingerprint density at radius 2 is 1.67 bits per heavy atom. The molecule has 0 radical (unpaired) electrons. The van der Waals surface area contributed by atoms with Crippen molar-refractivity contribution in [3.05, 3.63) is 16.9 Å². The van der Waals surface area contributed by atoms with Crippen LogP contribution in [-0.2, 0) is 0 Å². The van der Waals surface area contributed by atoms with Crippen molar-refractivity contribution in [2.24, 2.45) is 10.8 Å². The summed E-state index contributed by atoms with van der Waals surface area (Å²) in [5, 5.41) is 0. The van der Waals surface area contributed by atoms with Crippen molar-refractivity contribution in [3.8, 4) is 0 Å². The molecule has 1 saturated carbocycles. The molecule has 12 heavy (non-hydrogen) atoms. The Bertz CT molecular complexity index is 301. The Morgan fingerprint density at radius 3 is 2.17 bits per heavy atom. The number of piperidine rings is 1. The minimum Gasteiger partial charge on any atom is -0.493 e. The predicted molar refractivity (Wildman–Crippen MR) is 45.3 cm³/mol. The molecule has 1 heterocycles. The first-order valence-electron chi connectivity index (χ1n) is 4.81. The fourth-order valence-corrected chi connectivity index (χ4v) is 3.55. The summed E-state index contributed by atoms with van der Waals surface area (Å²) >= 11 is 0. The van der Waals surface area contributed by atoms with Crippen molar-refractivity contribution >= 4 is 0 Å². The van der Waals surface area contributed by atoms with Crippen molar-refractivity contribution in [1.82, 2.24) is 0 Å². The van der Waals surface area contributed by atoms with Crippen LogP contribution in [0.2, 0.25) is 0 Å². The van der Waals surface area contributed by atoms with E-state index in [1.54, 1.807) is 0 Å². The smallest absolute Gasteiger partial charge is 0.249 e. The maximum Gasteiger partial charge on any atom is 0.249 e. The summed E-state index contributed by atoms with van der Waals surface area (Å²) in [6, 6.07) is 0. The van der Waals surface area contributed by atoms with E-state index < -0.39 is 0 Å². The zero-order valence-electron chi connectivity index (χ0n) is 7.72. The predicted octanol–water partition coefficient (Wildman–Crippen LogP) is 2.85. The molecule has 2 aliphatic carbocycles. The third-order valence-electron chi connectivity index (χ3n) is 3.98. The van der Waals surface area contributed by atoms with Gasteiger partial charge in [0, 0.05) is 0 Å². The van der Waals surface area contributed by atoms with Crippen LogP contribution in [0, 0.1) is 10.8 Å². The number of hydrogen-bond donors (Lipinski definition) is 0. The molecular formula is C10H14N2. The highest BCUT2D eigenvalue weighted by Gasteiger charge is 2.68. The third kappa shape index (κ3) is 0.520. The normalized spacial score (nSPS) is 49.7. The largest absolute Gasteiger partial charge is 0.493 e. The molecule has 0 aromatic heterocycles. The summed E-state index contributed by atoms with van der Waals surface area (Å²) in [5.41, 5.74) is 12.7. The van der Waals surface area contributed by atoms with E-state index >= 15 is 0 Å². The average Bonchev–Trinajstić information content (AvgIpc) is 2.57. The van der Waals surface area contributed by atoms with Crippen LogP contribution in [0.1, 0.15) is 39.5 Å². The summed E-state index contributed by atoms with van der Waals surface area (Å²) in [7, 11) is 0. The molecule has 2 nitrogen and oxygen atoms in total. The lowest BCUT2D eigenvalue weighted by Gasteiger charge is -2.36. The topological polar surface area (TPSA) is 25.3 Å². The Kier molecular flexibility index (Phi) is 0.864. The summed E-state index contributed by atoms with van der Waals surface area (Å²) in [6.07, 6.45) is 5.12. The lowest BCUT2D eigenvalue weighted by atomic mass is 9.67. The van der Waals surface area contributed by atoms with Gasteiger partial charge in [0.25, 0.3) is 0 Å².